The number of imidazole rings is 1. The Kier molecular flexibility index (Phi) is 3.20. The van der Waals surface area contributed by atoms with E-state index >= 15 is 0 Å². The van der Waals surface area contributed by atoms with Crippen molar-refractivity contribution in [3.8, 4) is 10.8 Å². The molecule has 0 aliphatic heterocycles. The molecule has 0 N–H and O–H groups in total. The summed E-state index contributed by atoms with van der Waals surface area (Å²) in [7, 11) is 3.01. The lowest BCUT2D eigenvalue weighted by atomic mass is 10.5. The first-order valence-corrected chi connectivity index (χ1v) is 7.91. The third-order valence-corrected chi connectivity index (χ3v) is 4.58. The molecule has 0 spiro atoms. The van der Waals surface area contributed by atoms with E-state index in [2.05, 4.69) is 15.2 Å². The predicted molar refractivity (Wildman–Crippen MR) is 86.9 cm³/mol. The SMILES string of the molecule is Cn1c(=O)c2c(ncn2Cc2nnc(-c3cccs3)o2)n(C)c1=O. The normalized spacial score (nSPS) is 11.4. The van der Waals surface area contributed by atoms with Crippen LogP contribution in [0.4, 0.5) is 0 Å². The van der Waals surface area contributed by atoms with Crippen LogP contribution in [-0.4, -0.2) is 28.9 Å². The highest BCUT2D eigenvalue weighted by atomic mass is 32.1. The highest BCUT2D eigenvalue weighted by molar-refractivity contribution is 7.13. The second-order valence-corrected chi connectivity index (χ2v) is 6.18. The molecule has 4 aromatic heterocycles. The number of hydrogen-bond acceptors (Lipinski definition) is 7. The van der Waals surface area contributed by atoms with Crippen LogP contribution in [0.25, 0.3) is 21.9 Å². The topological polar surface area (TPSA) is 101 Å². The van der Waals surface area contributed by atoms with E-state index in [9.17, 15) is 9.59 Å². The molecule has 0 aliphatic rings. The van der Waals surface area contributed by atoms with Gasteiger partial charge >= 0.3 is 5.69 Å². The molecule has 0 amide bonds. The van der Waals surface area contributed by atoms with E-state index < -0.39 is 11.2 Å². The molecule has 0 unspecified atom stereocenters. The quantitative estimate of drug-likeness (QED) is 0.539. The van der Waals surface area contributed by atoms with E-state index in [0.29, 0.717) is 22.9 Å². The molecule has 24 heavy (non-hydrogen) atoms. The summed E-state index contributed by atoms with van der Waals surface area (Å²) in [5.74, 6) is 0.790. The zero-order valence-corrected chi connectivity index (χ0v) is 13.6. The smallest absolute Gasteiger partial charge is 0.332 e. The average molecular weight is 344 g/mol. The zero-order valence-electron chi connectivity index (χ0n) is 12.8. The van der Waals surface area contributed by atoms with Crippen LogP contribution in [0.3, 0.4) is 0 Å². The number of aryl methyl sites for hydroxylation is 1. The summed E-state index contributed by atoms with van der Waals surface area (Å²) in [5, 5.41) is 9.95. The molecule has 4 heterocycles. The van der Waals surface area contributed by atoms with Crippen LogP contribution in [0.1, 0.15) is 5.89 Å². The van der Waals surface area contributed by atoms with Crippen molar-refractivity contribution in [3.05, 3.63) is 50.6 Å². The van der Waals surface area contributed by atoms with Gasteiger partial charge in [0, 0.05) is 14.1 Å². The van der Waals surface area contributed by atoms with Gasteiger partial charge in [-0.1, -0.05) is 6.07 Å². The van der Waals surface area contributed by atoms with Gasteiger partial charge < -0.3 is 8.98 Å². The number of thiophene rings is 1. The number of fused-ring (bicyclic) bond motifs is 1. The van der Waals surface area contributed by atoms with Gasteiger partial charge in [-0.2, -0.15) is 0 Å². The van der Waals surface area contributed by atoms with Gasteiger partial charge in [-0.05, 0) is 11.4 Å². The van der Waals surface area contributed by atoms with Crippen molar-refractivity contribution in [2.75, 3.05) is 0 Å². The largest absolute Gasteiger partial charge is 0.418 e. The molecule has 0 aromatic carbocycles. The van der Waals surface area contributed by atoms with Crippen LogP contribution >= 0.6 is 11.3 Å². The third kappa shape index (κ3) is 2.11. The highest BCUT2D eigenvalue weighted by Crippen LogP contribution is 2.23. The van der Waals surface area contributed by atoms with E-state index in [1.54, 1.807) is 11.6 Å². The van der Waals surface area contributed by atoms with Crippen molar-refractivity contribution in [2.24, 2.45) is 14.1 Å². The summed E-state index contributed by atoms with van der Waals surface area (Å²) in [6.45, 7) is 0.197. The summed E-state index contributed by atoms with van der Waals surface area (Å²) in [5.41, 5.74) is -0.198. The van der Waals surface area contributed by atoms with Crippen LogP contribution in [0.15, 0.2) is 37.8 Å². The summed E-state index contributed by atoms with van der Waals surface area (Å²) in [4.78, 5) is 29.4. The number of nitrogens with zero attached hydrogens (tertiary/aromatic N) is 6. The summed E-state index contributed by atoms with van der Waals surface area (Å²) >= 11 is 1.50. The maximum absolute atomic E-state index is 12.4. The lowest BCUT2D eigenvalue weighted by Crippen LogP contribution is -2.37. The van der Waals surface area contributed by atoms with Crippen molar-refractivity contribution in [3.63, 3.8) is 0 Å². The zero-order chi connectivity index (χ0) is 16.8. The van der Waals surface area contributed by atoms with Crippen LogP contribution in [-0.2, 0) is 20.6 Å². The van der Waals surface area contributed by atoms with Gasteiger partial charge in [0.05, 0.1) is 11.2 Å². The fourth-order valence-electron chi connectivity index (χ4n) is 2.48. The first-order valence-electron chi connectivity index (χ1n) is 7.03. The minimum atomic E-state index is -0.421. The van der Waals surface area contributed by atoms with Crippen LogP contribution in [0, 0.1) is 0 Å². The molecule has 0 saturated heterocycles. The van der Waals surface area contributed by atoms with Crippen LogP contribution < -0.4 is 11.2 Å². The molecule has 122 valence electrons. The van der Waals surface area contributed by atoms with Crippen LogP contribution in [0.5, 0.6) is 0 Å². The highest BCUT2D eigenvalue weighted by Gasteiger charge is 2.16. The molecule has 4 aromatic rings. The van der Waals surface area contributed by atoms with Gasteiger partial charge in [0.15, 0.2) is 11.2 Å². The summed E-state index contributed by atoms with van der Waals surface area (Å²) < 4.78 is 9.62. The Balaban J connectivity index is 1.79. The molecule has 0 aliphatic carbocycles. The van der Waals surface area contributed by atoms with E-state index in [4.69, 9.17) is 4.42 Å². The standard InChI is InChI=1S/C14H12N6O3S/c1-18-11-10(13(21)19(2)14(18)22)20(7-15-11)6-9-16-17-12(23-9)8-4-3-5-24-8/h3-5,7H,6H2,1-2H3. The Labute approximate surface area is 138 Å². The Morgan fingerprint density at radius 3 is 2.79 bits per heavy atom. The van der Waals surface area contributed by atoms with E-state index in [1.165, 1.54) is 29.3 Å². The lowest BCUT2D eigenvalue weighted by Gasteiger charge is -2.04. The van der Waals surface area contributed by atoms with Gasteiger partial charge in [-0.25, -0.2) is 9.78 Å². The second-order valence-electron chi connectivity index (χ2n) is 5.23. The van der Waals surface area contributed by atoms with Gasteiger partial charge in [-0.15, -0.1) is 21.5 Å². The number of rotatable bonds is 3. The van der Waals surface area contributed by atoms with Crippen LogP contribution in [0.2, 0.25) is 0 Å². The van der Waals surface area contributed by atoms with E-state index in [0.717, 1.165) is 9.44 Å². The summed E-state index contributed by atoms with van der Waals surface area (Å²) in [6.07, 6.45) is 1.49. The van der Waals surface area contributed by atoms with Gasteiger partial charge in [0.25, 0.3) is 11.4 Å². The summed E-state index contributed by atoms with van der Waals surface area (Å²) in [6, 6.07) is 3.79. The molecule has 0 bridgehead atoms. The molecule has 0 radical (unpaired) electrons. The minimum absolute atomic E-state index is 0.197. The first kappa shape index (κ1) is 14.6. The lowest BCUT2D eigenvalue weighted by molar-refractivity contribution is 0.491. The fraction of sp³-hybridized carbons (Fsp3) is 0.214. The molecular formula is C14H12N6O3S. The van der Waals surface area contributed by atoms with Crippen molar-refractivity contribution in [1.29, 1.82) is 0 Å². The fourth-order valence-corrected chi connectivity index (χ4v) is 3.12. The predicted octanol–water partition coefficient (Wildman–Crippen LogP) is 0.594. The third-order valence-electron chi connectivity index (χ3n) is 3.72. The molecule has 0 atom stereocenters. The minimum Gasteiger partial charge on any atom is -0.418 e. The Hall–Kier alpha value is -3.01. The monoisotopic (exact) mass is 344 g/mol. The molecular weight excluding hydrogens is 332 g/mol. The molecule has 10 heteroatoms. The maximum atomic E-state index is 12.4. The van der Waals surface area contributed by atoms with Crippen molar-refractivity contribution < 1.29 is 4.42 Å². The molecule has 0 saturated carbocycles. The molecule has 4 rings (SSSR count). The van der Waals surface area contributed by atoms with Gasteiger partial charge in [-0.3, -0.25) is 13.9 Å². The van der Waals surface area contributed by atoms with Crippen molar-refractivity contribution in [1.82, 2.24) is 28.9 Å². The molecule has 0 fully saturated rings. The Morgan fingerprint density at radius 1 is 1.21 bits per heavy atom. The van der Waals surface area contributed by atoms with Crippen molar-refractivity contribution >= 4 is 22.5 Å². The van der Waals surface area contributed by atoms with Gasteiger partial charge in [0.1, 0.15) is 6.54 Å². The Morgan fingerprint density at radius 2 is 2.04 bits per heavy atom. The van der Waals surface area contributed by atoms with Gasteiger partial charge in [0.2, 0.25) is 5.89 Å². The second kappa shape index (κ2) is 5.27. The van der Waals surface area contributed by atoms with E-state index in [-0.39, 0.29) is 6.54 Å². The molecule has 9 nitrogen and oxygen atoms in total. The first-order chi connectivity index (χ1) is 11.6. The number of hydrogen-bond donors (Lipinski definition) is 0. The van der Waals surface area contributed by atoms with Crippen molar-refractivity contribution in [2.45, 2.75) is 6.54 Å². The Bertz CT molecular complexity index is 1150. The maximum Gasteiger partial charge on any atom is 0.332 e. The average Bonchev–Trinajstić information content (AvgIpc) is 3.31. The number of aromatic nitrogens is 6. The van der Waals surface area contributed by atoms with E-state index in [1.807, 2.05) is 17.5 Å².